The topological polar surface area (TPSA) is 429 Å². The molecule has 6 aliphatic rings. The number of aliphatic hydroxyl groups is 2. The smallest absolute Gasteiger partial charge is 0.404 e. The highest BCUT2D eigenvalue weighted by atomic mass is 16.8. The molecule has 1 aliphatic carbocycles. The molecular formula is C55H83N5O26. The Balaban J connectivity index is 1.39. The van der Waals surface area contributed by atoms with Crippen LogP contribution in [0.4, 0.5) is 4.79 Å². The van der Waals surface area contributed by atoms with Crippen molar-refractivity contribution in [2.24, 2.45) is 47.0 Å². The lowest BCUT2D eigenvalue weighted by Crippen LogP contribution is -2.71. The fourth-order valence-electron chi connectivity index (χ4n) is 11.8. The number of Topliss-reactive ketones (excluding diaryl/α,β-unsaturated/α-hetero) is 1. The van der Waals surface area contributed by atoms with Crippen LogP contribution in [0.1, 0.15) is 110 Å². The minimum absolute atomic E-state index is 0.00669. The first-order valence-corrected chi connectivity index (χ1v) is 28.4. The highest BCUT2D eigenvalue weighted by Gasteiger charge is 2.62. The maximum absolute atomic E-state index is 13.9. The molecule has 5 fully saturated rings. The molecule has 0 radical (unpaired) electrons. The molecule has 5 amide bonds. The monoisotopic (exact) mass is 1230 g/mol. The zero-order valence-electron chi connectivity index (χ0n) is 50.5. The molecule has 6 rings (SSSR count). The van der Waals surface area contributed by atoms with E-state index in [1.807, 2.05) is 0 Å². The van der Waals surface area contributed by atoms with Gasteiger partial charge in [0.1, 0.15) is 35.9 Å². The van der Waals surface area contributed by atoms with Gasteiger partial charge in [-0.2, -0.15) is 0 Å². The summed E-state index contributed by atoms with van der Waals surface area (Å²) in [5.74, 6) is -11.0. The minimum atomic E-state index is -2.55. The van der Waals surface area contributed by atoms with Crippen molar-refractivity contribution in [1.82, 2.24) is 16.0 Å². The van der Waals surface area contributed by atoms with Crippen molar-refractivity contribution in [3.8, 4) is 0 Å². The van der Waals surface area contributed by atoms with Crippen LogP contribution in [0.25, 0.3) is 0 Å². The molecule has 5 saturated heterocycles. The summed E-state index contributed by atoms with van der Waals surface area (Å²) < 4.78 is 86.0. The summed E-state index contributed by atoms with van der Waals surface area (Å²) in [5.41, 5.74) is 8.27. The van der Waals surface area contributed by atoms with E-state index < -0.39 is 212 Å². The van der Waals surface area contributed by atoms with E-state index in [1.165, 1.54) is 34.6 Å². The van der Waals surface area contributed by atoms with Crippen LogP contribution in [0.5, 0.6) is 0 Å². The molecule has 15 unspecified atom stereocenters. The Morgan fingerprint density at radius 3 is 1.60 bits per heavy atom. The third-order valence-electron chi connectivity index (χ3n) is 16.6. The third-order valence-corrected chi connectivity index (χ3v) is 16.6. The number of aliphatic hydroxyl groups excluding tert-OH is 1. The Bertz CT molecular complexity index is 2570. The summed E-state index contributed by atoms with van der Waals surface area (Å²) in [4.78, 5) is 128. The highest BCUT2D eigenvalue weighted by molar-refractivity contribution is 6.02. The number of carbonyl (C=O) groups excluding carboxylic acids is 10. The second-order valence-electron chi connectivity index (χ2n) is 23.1. The lowest BCUT2D eigenvalue weighted by Gasteiger charge is -2.52. The number of hydrogen-bond acceptors (Lipinski definition) is 26. The number of ether oxygens (including phenoxy) is 14. The maximum Gasteiger partial charge on any atom is 0.404 e. The van der Waals surface area contributed by atoms with Gasteiger partial charge in [-0.1, -0.05) is 41.5 Å². The van der Waals surface area contributed by atoms with E-state index in [-0.39, 0.29) is 36.8 Å². The number of esters is 4. The van der Waals surface area contributed by atoms with Gasteiger partial charge in [-0.15, -0.1) is 0 Å². The van der Waals surface area contributed by atoms with E-state index in [4.69, 9.17) is 77.8 Å². The van der Waals surface area contributed by atoms with Gasteiger partial charge in [-0.25, -0.2) is 4.79 Å². The minimum Gasteiger partial charge on any atom is -0.510 e. The van der Waals surface area contributed by atoms with Crippen LogP contribution in [0.2, 0.25) is 0 Å². The average molecular weight is 1230 g/mol. The van der Waals surface area contributed by atoms with Gasteiger partial charge in [-0.05, 0) is 25.7 Å². The van der Waals surface area contributed by atoms with Gasteiger partial charge >= 0.3 is 30.0 Å². The van der Waals surface area contributed by atoms with E-state index in [0.29, 0.717) is 0 Å². The molecule has 86 heavy (non-hydrogen) atoms. The summed E-state index contributed by atoms with van der Waals surface area (Å²) in [6, 6.07) is -2.48. The van der Waals surface area contributed by atoms with E-state index in [9.17, 15) is 58.2 Å². The van der Waals surface area contributed by atoms with Crippen molar-refractivity contribution in [1.29, 1.82) is 0 Å². The molecule has 0 aromatic heterocycles. The lowest BCUT2D eigenvalue weighted by molar-refractivity contribution is -0.369. The molecule has 0 bridgehead atoms. The fourth-order valence-corrected chi connectivity index (χ4v) is 11.8. The van der Waals surface area contributed by atoms with Gasteiger partial charge in [0.15, 0.2) is 61.5 Å². The average Bonchev–Trinajstić information content (AvgIpc) is 1.27. The van der Waals surface area contributed by atoms with Crippen LogP contribution in [0.3, 0.4) is 0 Å². The second kappa shape index (κ2) is 28.8. The first kappa shape index (κ1) is 68.9. The van der Waals surface area contributed by atoms with Gasteiger partial charge in [0.25, 0.3) is 5.91 Å². The van der Waals surface area contributed by atoms with E-state index in [0.717, 1.165) is 13.8 Å². The second-order valence-corrected chi connectivity index (χ2v) is 23.1. The van der Waals surface area contributed by atoms with E-state index in [1.54, 1.807) is 48.5 Å². The molecule has 5 heterocycles. The standard InChI is InChI=1S/C55H83N5O26/c1-19-20(2)42(76-29(11)64)51(79-34(19)17-73-28(10)63)74-18-35-40(24(6)37(59-27(9)62)50(80-35)84-44-45(86-54(57)71)55(14,72)46(47(56)69)85-53(44)78-31(13)66)82-49-36(58-26(8)61)23(5)39(25(7)75-49)81-52-43(77-30(12)65)22(4)21(3)41(83-52)48(70)60-38-32(67)15-16-33(38)68/h19-25,34-37,39-46,49-53,67,72H,15-18H2,1-14H3,(H2,56,69)(H2,57,71)(H,58,61)(H,59,62)(H,60,70)/t19?,20?,21-,22+,23?,24-,25?,34?,35?,36?,37?,39?,40-,41?,42?,43?,44?,45-,46?,49+,50+,51-,52-,53?,55+/m1/s1. The summed E-state index contributed by atoms with van der Waals surface area (Å²) in [6.07, 6.45) is -24.6. The SMILES string of the molecule is CC(=O)NC1C(C)C(O[C@@H]2OC(C(=O)NC3=C(O)CCC3=O)[C@H](C)[C@H](C)C2OC(C)=O)C(C)O[C@H]1O[C@H]1C(CO[C@@H]2OC(COC(C)=O)C(C)C(C)C2OC(C)=O)O[C@@H](OC2C(OC(C)=O)OC(C(N)=O)[C@@](C)(O)[C@@H]2OC(N)=O)C(NC(C)=O)[C@H]1C. The number of allylic oxidation sites excluding steroid dienone is 2. The number of nitrogens with two attached hydrogens (primary N) is 2. The Hall–Kier alpha value is -6.16. The largest absolute Gasteiger partial charge is 0.510 e. The van der Waals surface area contributed by atoms with Gasteiger partial charge in [0, 0.05) is 78.1 Å². The molecule has 0 spiro atoms. The van der Waals surface area contributed by atoms with Crippen molar-refractivity contribution in [3.63, 3.8) is 0 Å². The van der Waals surface area contributed by atoms with Crippen molar-refractivity contribution in [2.75, 3.05) is 13.2 Å². The maximum atomic E-state index is 13.9. The van der Waals surface area contributed by atoms with Crippen LogP contribution in [0, 0.1) is 35.5 Å². The lowest BCUT2D eigenvalue weighted by atomic mass is 9.82. The van der Waals surface area contributed by atoms with Crippen LogP contribution in [-0.4, -0.2) is 199 Å². The Labute approximate surface area is 496 Å². The summed E-state index contributed by atoms with van der Waals surface area (Å²) in [5, 5.41) is 30.3. The van der Waals surface area contributed by atoms with E-state index in [2.05, 4.69) is 16.0 Å². The van der Waals surface area contributed by atoms with Crippen molar-refractivity contribution < 1.29 is 124 Å². The van der Waals surface area contributed by atoms with Crippen LogP contribution in [-0.2, 0) is 109 Å². The fraction of sp³-hybridized carbons (Fsp3) is 0.782. The number of nitrogens with one attached hydrogen (secondary N) is 3. The van der Waals surface area contributed by atoms with Gasteiger partial charge in [-0.3, -0.25) is 43.2 Å². The molecule has 484 valence electrons. The first-order valence-electron chi connectivity index (χ1n) is 28.4. The summed E-state index contributed by atoms with van der Waals surface area (Å²) in [7, 11) is 0. The zero-order valence-corrected chi connectivity index (χ0v) is 50.5. The third kappa shape index (κ3) is 16.1. The summed E-state index contributed by atoms with van der Waals surface area (Å²) >= 11 is 0. The quantitative estimate of drug-likeness (QED) is 0.0600. The Morgan fingerprint density at radius 1 is 0.558 bits per heavy atom. The number of primary amides is 2. The Morgan fingerprint density at radius 2 is 1.08 bits per heavy atom. The molecule has 9 N–H and O–H groups in total. The number of amides is 5. The molecule has 5 aliphatic heterocycles. The number of rotatable bonds is 20. The van der Waals surface area contributed by atoms with Crippen LogP contribution in [0.15, 0.2) is 11.5 Å². The van der Waals surface area contributed by atoms with Crippen molar-refractivity contribution >= 4 is 59.4 Å². The number of carbonyl (C=O) groups is 10. The molecule has 25 atom stereocenters. The zero-order chi connectivity index (χ0) is 64.1. The van der Waals surface area contributed by atoms with Crippen LogP contribution < -0.4 is 27.4 Å². The Kier molecular flexibility index (Phi) is 23.1. The van der Waals surface area contributed by atoms with Gasteiger partial charge in [0.05, 0.1) is 43.1 Å². The highest BCUT2D eigenvalue weighted by Crippen LogP contribution is 2.42. The first-order chi connectivity index (χ1) is 40.1. The van der Waals surface area contributed by atoms with Crippen LogP contribution >= 0.6 is 0 Å². The predicted molar refractivity (Wildman–Crippen MR) is 286 cm³/mol. The summed E-state index contributed by atoms with van der Waals surface area (Å²) in [6.45, 7) is 19.1. The number of ketones is 1. The van der Waals surface area contributed by atoms with Crippen molar-refractivity contribution in [2.45, 2.75) is 226 Å². The van der Waals surface area contributed by atoms with Gasteiger partial charge in [0.2, 0.25) is 24.0 Å². The molecule has 0 saturated carbocycles. The van der Waals surface area contributed by atoms with E-state index >= 15 is 0 Å². The molecular weight excluding hydrogens is 1150 g/mol. The molecule has 0 aromatic carbocycles. The normalized spacial score (nSPS) is 39.9. The molecule has 0 aromatic rings. The van der Waals surface area contributed by atoms with Crippen molar-refractivity contribution in [3.05, 3.63) is 11.5 Å². The predicted octanol–water partition coefficient (Wildman–Crippen LogP) is -0.432. The number of hydrogen-bond donors (Lipinski definition) is 7. The molecule has 31 heteroatoms. The van der Waals surface area contributed by atoms with Gasteiger partial charge < -0.3 is 104 Å². The molecule has 31 nitrogen and oxygen atoms in total.